The van der Waals surface area contributed by atoms with Crippen LogP contribution in [0.15, 0.2) is 0 Å². The van der Waals surface area contributed by atoms with Crippen LogP contribution in [0.25, 0.3) is 0 Å². The monoisotopic (exact) mass is 353 g/mol. The van der Waals surface area contributed by atoms with Crippen molar-refractivity contribution in [1.82, 2.24) is 0 Å². The third-order valence-corrected chi connectivity index (χ3v) is 0. The van der Waals surface area contributed by atoms with Crippen LogP contribution in [0.2, 0.25) is 0 Å². The SMILES string of the molecule is O=S(=O)(O)O.O=S(=O)([O-])[O-].O=S(=O)([O-])[O-].[Cu]. The van der Waals surface area contributed by atoms with E-state index in [1.807, 2.05) is 0 Å². The van der Waals surface area contributed by atoms with Crippen LogP contribution >= 0.6 is 0 Å². The van der Waals surface area contributed by atoms with Crippen molar-refractivity contribution in [3.63, 3.8) is 0 Å². The van der Waals surface area contributed by atoms with Crippen LogP contribution in [0, 0.1) is 0 Å². The number of hydrogen-bond donors (Lipinski definition) is 2. The molecule has 0 bridgehead atoms. The van der Waals surface area contributed by atoms with E-state index in [2.05, 4.69) is 0 Å². The molecule has 0 aromatic heterocycles. The van der Waals surface area contributed by atoms with Crippen molar-refractivity contribution in [3.05, 3.63) is 0 Å². The van der Waals surface area contributed by atoms with Gasteiger partial charge in [-0.25, -0.2) is 0 Å². The Kier molecular flexibility index (Phi) is 14.4. The molecule has 0 amide bonds. The molecule has 0 fully saturated rings. The molecule has 16 heteroatoms. The predicted octanol–water partition coefficient (Wildman–Crippen LogP) is -3.33. The van der Waals surface area contributed by atoms with Crippen LogP contribution in [0.4, 0.5) is 0 Å². The molecule has 0 spiro atoms. The summed E-state index contributed by atoms with van der Waals surface area (Å²) in [5.74, 6) is 0. The Labute approximate surface area is 101 Å². The normalized spacial score (nSPS) is 10.9. The molecule has 12 nitrogen and oxygen atoms in total. The van der Waals surface area contributed by atoms with Crippen molar-refractivity contribution in [2.24, 2.45) is 0 Å². The second-order valence-corrected chi connectivity index (χ2v) is 3.79. The molecule has 0 aliphatic heterocycles. The van der Waals surface area contributed by atoms with Crippen LogP contribution in [0.3, 0.4) is 0 Å². The summed E-state index contributed by atoms with van der Waals surface area (Å²) in [5, 5.41) is 0. The number of hydrogen-bond acceptors (Lipinski definition) is 10. The molecule has 2 N–H and O–H groups in total. The van der Waals surface area contributed by atoms with Gasteiger partial charge >= 0.3 is 10.4 Å². The van der Waals surface area contributed by atoms with Gasteiger partial charge in [-0.2, -0.15) is 8.42 Å². The van der Waals surface area contributed by atoms with E-state index in [0.29, 0.717) is 0 Å². The molecule has 0 atom stereocenters. The first-order valence-corrected chi connectivity index (χ1v) is 6.10. The molecule has 0 aliphatic carbocycles. The van der Waals surface area contributed by atoms with Gasteiger partial charge in [0, 0.05) is 37.9 Å². The molecule has 107 valence electrons. The van der Waals surface area contributed by atoms with E-state index >= 15 is 0 Å². The molecule has 16 heavy (non-hydrogen) atoms. The summed E-state index contributed by atoms with van der Waals surface area (Å²) in [5.41, 5.74) is 0. The van der Waals surface area contributed by atoms with Crippen LogP contribution in [-0.4, -0.2) is 52.6 Å². The van der Waals surface area contributed by atoms with E-state index in [-0.39, 0.29) is 17.1 Å². The third-order valence-electron chi connectivity index (χ3n) is 0. The van der Waals surface area contributed by atoms with Crippen molar-refractivity contribution < 1.29 is 69.6 Å². The topological polar surface area (TPSA) is 235 Å². The maximum atomic E-state index is 8.74. The Balaban J connectivity index is -0.0000000655. The van der Waals surface area contributed by atoms with E-state index in [1.165, 1.54) is 0 Å². The molecule has 0 saturated carbocycles. The van der Waals surface area contributed by atoms with Gasteiger partial charge < -0.3 is 18.2 Å². The Morgan fingerprint density at radius 1 is 0.625 bits per heavy atom. The van der Waals surface area contributed by atoms with Gasteiger partial charge in [-0.15, -0.1) is 0 Å². The Bertz CT molecular complexity index is 337. The third kappa shape index (κ3) is 145000. The van der Waals surface area contributed by atoms with Crippen LogP contribution in [0.1, 0.15) is 0 Å². The average Bonchev–Trinajstić information content (AvgIpc) is 1.41. The van der Waals surface area contributed by atoms with Crippen LogP contribution < -0.4 is 0 Å². The smallest absolute Gasteiger partial charge is 0.394 e. The first-order valence-electron chi connectivity index (χ1n) is 2.03. The zero-order valence-corrected chi connectivity index (χ0v) is 9.89. The fourth-order valence-electron chi connectivity index (χ4n) is 0. The molecule has 0 unspecified atom stereocenters. The van der Waals surface area contributed by atoms with Crippen molar-refractivity contribution in [2.75, 3.05) is 0 Å². The van der Waals surface area contributed by atoms with Gasteiger partial charge in [0.15, 0.2) is 0 Å². The van der Waals surface area contributed by atoms with E-state index in [1.54, 1.807) is 0 Å². The summed E-state index contributed by atoms with van der Waals surface area (Å²) in [6.45, 7) is 0. The minimum absolute atomic E-state index is 0. The maximum absolute atomic E-state index is 8.74. The Hall–Kier alpha value is 0.129. The van der Waals surface area contributed by atoms with Crippen LogP contribution in [0.5, 0.6) is 0 Å². The number of rotatable bonds is 0. The molecular formula is H2CuO12S3-4. The quantitative estimate of drug-likeness (QED) is 0.247. The van der Waals surface area contributed by atoms with Crippen molar-refractivity contribution in [1.29, 1.82) is 0 Å². The summed E-state index contributed by atoms with van der Waals surface area (Å²) in [6.07, 6.45) is 0. The molecule has 0 aromatic carbocycles. The van der Waals surface area contributed by atoms with E-state index < -0.39 is 31.2 Å². The van der Waals surface area contributed by atoms with Gasteiger partial charge in [0.25, 0.3) is 0 Å². The fourth-order valence-corrected chi connectivity index (χ4v) is 0. The maximum Gasteiger partial charge on any atom is 0.394 e. The minimum Gasteiger partial charge on any atom is -0.759 e. The van der Waals surface area contributed by atoms with Gasteiger partial charge in [-0.1, -0.05) is 0 Å². The van der Waals surface area contributed by atoms with Gasteiger partial charge in [-0.3, -0.25) is 25.9 Å². The van der Waals surface area contributed by atoms with Gasteiger partial charge in [-0.05, 0) is 0 Å². The minimum atomic E-state index is -5.17. The zero-order valence-electron chi connectivity index (χ0n) is 6.50. The molecule has 0 aromatic rings. The van der Waals surface area contributed by atoms with Gasteiger partial charge in [0.05, 0.1) is 0 Å². The summed E-state index contributed by atoms with van der Waals surface area (Å²) in [7, 11) is -15.0. The van der Waals surface area contributed by atoms with E-state index in [4.69, 9.17) is 52.6 Å². The predicted molar refractivity (Wildman–Crippen MR) is 35.1 cm³/mol. The molecule has 0 heterocycles. The summed E-state index contributed by atoms with van der Waals surface area (Å²) in [4.78, 5) is 0. The zero-order chi connectivity index (χ0) is 13.5. The first-order chi connectivity index (χ1) is 6.00. The first kappa shape index (κ1) is 25.1. The van der Waals surface area contributed by atoms with Gasteiger partial charge in [0.1, 0.15) is 0 Å². The van der Waals surface area contributed by atoms with Gasteiger partial charge in [0.2, 0.25) is 0 Å². The standard InChI is InChI=1S/Cu.3H2O4S/c;3*1-5(2,3)4/h;3*(H2,1,2,3,4)/p-4. The summed E-state index contributed by atoms with van der Waals surface area (Å²) in [6, 6.07) is 0. The Morgan fingerprint density at radius 2 is 0.625 bits per heavy atom. The second-order valence-electron chi connectivity index (χ2n) is 1.26. The molecule has 1 radical (unpaired) electrons. The van der Waals surface area contributed by atoms with E-state index in [9.17, 15) is 0 Å². The molecule has 0 rings (SSSR count). The van der Waals surface area contributed by atoms with Crippen molar-refractivity contribution in [2.45, 2.75) is 0 Å². The average molecular weight is 354 g/mol. The van der Waals surface area contributed by atoms with Crippen molar-refractivity contribution in [3.8, 4) is 0 Å². The molecule has 0 aliphatic rings. The summed E-state index contributed by atoms with van der Waals surface area (Å²) < 4.78 is 99.7. The Morgan fingerprint density at radius 3 is 0.625 bits per heavy atom. The second kappa shape index (κ2) is 9.19. The molecule has 0 saturated heterocycles. The van der Waals surface area contributed by atoms with Crippen LogP contribution in [-0.2, 0) is 48.3 Å². The van der Waals surface area contributed by atoms with Crippen molar-refractivity contribution >= 4 is 31.2 Å². The largest absolute Gasteiger partial charge is 0.759 e. The molecular weight excluding hydrogens is 352 g/mol. The summed E-state index contributed by atoms with van der Waals surface area (Å²) >= 11 is 0. The van der Waals surface area contributed by atoms with E-state index in [0.717, 1.165) is 0 Å². The fraction of sp³-hybridized carbons (Fsp3) is 0.